The van der Waals surface area contributed by atoms with E-state index in [4.69, 9.17) is 4.74 Å². The van der Waals surface area contributed by atoms with Crippen molar-refractivity contribution >= 4 is 23.8 Å². The molecule has 0 aromatic rings. The molecule has 3 N–H and O–H groups in total. The lowest BCUT2D eigenvalue weighted by Gasteiger charge is -2.22. The molecular weight excluding hydrogens is 280 g/mol. The third-order valence-electron chi connectivity index (χ3n) is 3.24. The number of hydrogen-bond acceptors (Lipinski definition) is 5. The Bertz CT molecular complexity index is 436. The van der Waals surface area contributed by atoms with Crippen LogP contribution in [-0.2, 0) is 23.9 Å². The number of hydrogen-bond donors (Lipinski definition) is 3. The van der Waals surface area contributed by atoms with Crippen LogP contribution in [0.5, 0.6) is 0 Å². The molecule has 118 valence electrons. The topological polar surface area (TPSA) is 122 Å². The summed E-state index contributed by atoms with van der Waals surface area (Å²) >= 11 is 0. The van der Waals surface area contributed by atoms with Crippen LogP contribution in [-0.4, -0.2) is 47.6 Å². The standard InChI is InChI=1S/C13H20N2O6/c1-3-21-10(17)6-7(2)11(13(19)20)15-12(18)8-4-5-9(16)14-8/h7-8,11H,3-6H2,1-2H3,(H,14,16)(H,15,18)(H,19,20)/t7-,8-,11-/m0/s1. The Labute approximate surface area is 122 Å². The van der Waals surface area contributed by atoms with E-state index in [-0.39, 0.29) is 25.4 Å². The van der Waals surface area contributed by atoms with E-state index in [2.05, 4.69) is 10.6 Å². The lowest BCUT2D eigenvalue weighted by Crippen LogP contribution is -2.51. The highest BCUT2D eigenvalue weighted by Gasteiger charge is 2.33. The van der Waals surface area contributed by atoms with Crippen LogP contribution in [0, 0.1) is 5.92 Å². The molecule has 8 heteroatoms. The van der Waals surface area contributed by atoms with E-state index in [1.807, 2.05) is 0 Å². The van der Waals surface area contributed by atoms with Crippen molar-refractivity contribution in [3.63, 3.8) is 0 Å². The highest BCUT2D eigenvalue weighted by molar-refractivity contribution is 5.93. The van der Waals surface area contributed by atoms with Crippen LogP contribution < -0.4 is 10.6 Å². The fourth-order valence-electron chi connectivity index (χ4n) is 2.11. The van der Waals surface area contributed by atoms with E-state index >= 15 is 0 Å². The monoisotopic (exact) mass is 300 g/mol. The zero-order chi connectivity index (χ0) is 16.0. The van der Waals surface area contributed by atoms with Crippen LogP contribution in [0.4, 0.5) is 0 Å². The zero-order valence-electron chi connectivity index (χ0n) is 12.0. The lowest BCUT2D eigenvalue weighted by atomic mass is 9.98. The van der Waals surface area contributed by atoms with Crippen molar-refractivity contribution in [1.82, 2.24) is 10.6 Å². The Morgan fingerprint density at radius 3 is 2.62 bits per heavy atom. The molecule has 0 aromatic heterocycles. The molecule has 21 heavy (non-hydrogen) atoms. The maximum Gasteiger partial charge on any atom is 0.326 e. The van der Waals surface area contributed by atoms with Gasteiger partial charge in [0.2, 0.25) is 11.8 Å². The van der Waals surface area contributed by atoms with Crippen molar-refractivity contribution in [2.45, 2.75) is 45.2 Å². The number of amides is 2. The maximum absolute atomic E-state index is 11.9. The van der Waals surface area contributed by atoms with E-state index in [1.165, 1.54) is 0 Å². The average Bonchev–Trinajstić information content (AvgIpc) is 2.82. The molecule has 0 radical (unpaired) electrons. The van der Waals surface area contributed by atoms with Gasteiger partial charge in [0.05, 0.1) is 13.0 Å². The Hall–Kier alpha value is -2.12. The molecule has 0 spiro atoms. The van der Waals surface area contributed by atoms with Crippen molar-refractivity contribution in [3.05, 3.63) is 0 Å². The second-order valence-electron chi connectivity index (χ2n) is 4.97. The molecule has 1 aliphatic rings. The van der Waals surface area contributed by atoms with Gasteiger partial charge in [-0.05, 0) is 19.3 Å². The van der Waals surface area contributed by atoms with Gasteiger partial charge in [-0.1, -0.05) is 6.92 Å². The number of nitrogens with one attached hydrogen (secondary N) is 2. The quantitative estimate of drug-likeness (QED) is 0.541. The number of carboxylic acids is 1. The first kappa shape index (κ1) is 16.9. The summed E-state index contributed by atoms with van der Waals surface area (Å²) in [4.78, 5) is 45.6. The number of ether oxygens (including phenoxy) is 1. The van der Waals surface area contributed by atoms with E-state index in [9.17, 15) is 24.3 Å². The number of esters is 1. The van der Waals surface area contributed by atoms with Gasteiger partial charge in [-0.2, -0.15) is 0 Å². The van der Waals surface area contributed by atoms with Crippen LogP contribution >= 0.6 is 0 Å². The highest BCUT2D eigenvalue weighted by atomic mass is 16.5. The molecule has 8 nitrogen and oxygen atoms in total. The third-order valence-corrected chi connectivity index (χ3v) is 3.24. The summed E-state index contributed by atoms with van der Waals surface area (Å²) < 4.78 is 4.76. The van der Waals surface area contributed by atoms with Crippen molar-refractivity contribution in [1.29, 1.82) is 0 Å². The predicted molar refractivity (Wildman–Crippen MR) is 71.1 cm³/mol. The maximum atomic E-state index is 11.9. The van der Waals surface area contributed by atoms with Crippen LogP contribution in [0.25, 0.3) is 0 Å². The van der Waals surface area contributed by atoms with Gasteiger partial charge in [0, 0.05) is 6.42 Å². The minimum Gasteiger partial charge on any atom is -0.480 e. The molecule has 3 atom stereocenters. The van der Waals surface area contributed by atoms with Crippen LogP contribution in [0.1, 0.15) is 33.1 Å². The zero-order valence-corrected chi connectivity index (χ0v) is 12.0. The van der Waals surface area contributed by atoms with Gasteiger partial charge in [-0.3, -0.25) is 14.4 Å². The molecule has 2 amide bonds. The van der Waals surface area contributed by atoms with E-state index in [0.717, 1.165) is 0 Å². The SMILES string of the molecule is CCOC(=O)C[C@H](C)[C@H](NC(=O)[C@@H]1CCC(=O)N1)C(=O)O. The normalized spacial score (nSPS) is 20.3. The summed E-state index contributed by atoms with van der Waals surface area (Å²) in [7, 11) is 0. The Balaban J connectivity index is 2.60. The van der Waals surface area contributed by atoms with Gasteiger partial charge < -0.3 is 20.5 Å². The largest absolute Gasteiger partial charge is 0.480 e. The van der Waals surface area contributed by atoms with Crippen molar-refractivity contribution in [2.24, 2.45) is 5.92 Å². The minimum atomic E-state index is -1.23. The molecule has 0 aromatic carbocycles. The molecule has 1 heterocycles. The van der Waals surface area contributed by atoms with Gasteiger partial charge in [0.25, 0.3) is 0 Å². The molecule has 1 aliphatic heterocycles. The van der Waals surface area contributed by atoms with Crippen LogP contribution in [0.3, 0.4) is 0 Å². The summed E-state index contributed by atoms with van der Waals surface area (Å²) in [6.45, 7) is 3.41. The summed E-state index contributed by atoms with van der Waals surface area (Å²) in [5, 5.41) is 14.0. The molecule has 1 rings (SSSR count). The second kappa shape index (κ2) is 7.61. The summed E-state index contributed by atoms with van der Waals surface area (Å²) in [6.07, 6.45) is 0.472. The molecule has 0 unspecified atom stereocenters. The van der Waals surface area contributed by atoms with Crippen LogP contribution in [0.15, 0.2) is 0 Å². The predicted octanol–water partition coefficient (Wildman–Crippen LogP) is -0.576. The Morgan fingerprint density at radius 2 is 2.14 bits per heavy atom. The molecule has 0 aliphatic carbocycles. The van der Waals surface area contributed by atoms with Gasteiger partial charge in [-0.15, -0.1) is 0 Å². The fourth-order valence-corrected chi connectivity index (χ4v) is 2.11. The first-order chi connectivity index (χ1) is 9.85. The smallest absolute Gasteiger partial charge is 0.326 e. The minimum absolute atomic E-state index is 0.109. The summed E-state index contributed by atoms with van der Waals surface area (Å²) in [6, 6.07) is -1.92. The van der Waals surface area contributed by atoms with Gasteiger partial charge in [0.1, 0.15) is 12.1 Å². The third kappa shape index (κ3) is 5.05. The molecule has 1 saturated heterocycles. The van der Waals surface area contributed by atoms with Gasteiger partial charge in [-0.25, -0.2) is 4.79 Å². The van der Waals surface area contributed by atoms with Crippen molar-refractivity contribution < 1.29 is 29.0 Å². The number of carboxylic acid groups (broad SMARTS) is 1. The number of carbonyl (C=O) groups excluding carboxylic acids is 3. The van der Waals surface area contributed by atoms with Crippen LogP contribution in [0.2, 0.25) is 0 Å². The van der Waals surface area contributed by atoms with Crippen molar-refractivity contribution in [3.8, 4) is 0 Å². The number of carbonyl (C=O) groups is 4. The molecule has 0 bridgehead atoms. The molecular formula is C13H20N2O6. The first-order valence-electron chi connectivity index (χ1n) is 6.83. The van der Waals surface area contributed by atoms with Gasteiger partial charge in [0.15, 0.2) is 0 Å². The summed E-state index contributed by atoms with van der Waals surface area (Å²) in [5.74, 6) is -3.16. The van der Waals surface area contributed by atoms with E-state index in [0.29, 0.717) is 6.42 Å². The fraction of sp³-hybridized carbons (Fsp3) is 0.692. The summed E-state index contributed by atoms with van der Waals surface area (Å²) in [5.41, 5.74) is 0. The first-order valence-corrected chi connectivity index (χ1v) is 6.83. The van der Waals surface area contributed by atoms with Crippen molar-refractivity contribution in [2.75, 3.05) is 6.61 Å². The Kier molecular flexibility index (Phi) is 6.13. The highest BCUT2D eigenvalue weighted by Crippen LogP contribution is 2.12. The number of aliphatic carboxylic acids is 1. The number of rotatable bonds is 7. The Morgan fingerprint density at radius 1 is 1.48 bits per heavy atom. The second-order valence-corrected chi connectivity index (χ2v) is 4.97. The molecule has 0 saturated carbocycles. The van der Waals surface area contributed by atoms with Gasteiger partial charge >= 0.3 is 11.9 Å². The van der Waals surface area contributed by atoms with E-state index in [1.54, 1.807) is 13.8 Å². The average molecular weight is 300 g/mol. The molecule has 1 fully saturated rings. The lowest BCUT2D eigenvalue weighted by molar-refractivity contribution is -0.147. The van der Waals surface area contributed by atoms with E-state index < -0.39 is 35.8 Å².